The molecule has 7 heteroatoms. The number of rotatable bonds is 6. The van der Waals surface area contributed by atoms with Gasteiger partial charge in [0.05, 0.1) is 19.5 Å². The number of fused-ring (bicyclic) bond motifs is 1. The molecule has 0 radical (unpaired) electrons. The number of hydrogen-bond acceptors (Lipinski definition) is 5. The minimum Gasteiger partial charge on any atom is -0.461 e. The fourth-order valence-electron chi connectivity index (χ4n) is 2.97. The molecule has 2 aromatic heterocycles. The third-order valence-corrected chi connectivity index (χ3v) is 5.60. The zero-order valence-corrected chi connectivity index (χ0v) is 17.6. The van der Waals surface area contributed by atoms with E-state index in [0.717, 1.165) is 28.2 Å². The molecule has 3 aromatic rings. The van der Waals surface area contributed by atoms with Crippen molar-refractivity contribution in [3.63, 3.8) is 0 Å². The Labute approximate surface area is 176 Å². The molecule has 0 aliphatic carbocycles. The van der Waals surface area contributed by atoms with E-state index in [1.807, 2.05) is 77.6 Å². The molecule has 150 valence electrons. The monoisotopic (exact) mass is 417 g/mol. The quantitative estimate of drug-likeness (QED) is 0.312. The molecule has 30 heavy (non-hydrogen) atoms. The van der Waals surface area contributed by atoms with E-state index in [1.54, 1.807) is 0 Å². The van der Waals surface area contributed by atoms with Gasteiger partial charge in [-0.15, -0.1) is 5.11 Å². The first-order chi connectivity index (χ1) is 14.7. The minimum absolute atomic E-state index is 0.209. The van der Waals surface area contributed by atoms with Crippen LogP contribution in [0.2, 0.25) is 0 Å². The van der Waals surface area contributed by atoms with Gasteiger partial charge in [-0.05, 0) is 36.3 Å². The minimum atomic E-state index is -0.562. The molecule has 0 N–H and O–H groups in total. The van der Waals surface area contributed by atoms with Crippen molar-refractivity contribution in [3.8, 4) is 11.3 Å². The summed E-state index contributed by atoms with van der Waals surface area (Å²) in [7, 11) is -0.562. The summed E-state index contributed by atoms with van der Waals surface area (Å²) in [6.07, 6.45) is 6.22. The van der Waals surface area contributed by atoms with Gasteiger partial charge in [0.15, 0.2) is 18.9 Å². The maximum atomic E-state index is 12.0. The van der Waals surface area contributed by atoms with Crippen molar-refractivity contribution in [2.75, 3.05) is 6.66 Å². The van der Waals surface area contributed by atoms with Crippen LogP contribution in [0.5, 0.6) is 0 Å². The first-order valence-corrected chi connectivity index (χ1v) is 11.5. The molecule has 0 amide bonds. The Hall–Kier alpha value is -3.24. The highest BCUT2D eigenvalue weighted by Crippen LogP contribution is 2.40. The Morgan fingerprint density at radius 3 is 2.67 bits per heavy atom. The van der Waals surface area contributed by atoms with Crippen molar-refractivity contribution in [1.82, 2.24) is 4.98 Å². The van der Waals surface area contributed by atoms with Crippen molar-refractivity contribution in [3.05, 3.63) is 84.1 Å². The zero-order chi connectivity index (χ0) is 20.8. The van der Waals surface area contributed by atoms with Gasteiger partial charge in [-0.2, -0.15) is 4.88 Å². The summed E-state index contributed by atoms with van der Waals surface area (Å²) >= 11 is 0. The van der Waals surface area contributed by atoms with E-state index in [1.165, 1.54) is 0 Å². The second kappa shape index (κ2) is 9.51. The normalized spacial score (nSPS) is 14.8. The Morgan fingerprint density at radius 1 is 1.07 bits per heavy atom. The van der Waals surface area contributed by atoms with Gasteiger partial charge in [-0.25, -0.2) is 9.55 Å². The largest absolute Gasteiger partial charge is 0.461 e. The van der Waals surface area contributed by atoms with E-state index in [2.05, 4.69) is 22.5 Å². The molecule has 0 fully saturated rings. The molecular formula is C23H22N4O2P+. The zero-order valence-electron chi connectivity index (χ0n) is 16.7. The van der Waals surface area contributed by atoms with Crippen LogP contribution in [-0.2, 0) is 22.7 Å². The van der Waals surface area contributed by atoms with Gasteiger partial charge >= 0.3 is 5.97 Å². The summed E-state index contributed by atoms with van der Waals surface area (Å²) in [6.45, 7) is 2.92. The molecule has 0 bridgehead atoms. The second-order valence-corrected chi connectivity index (χ2v) is 8.52. The highest BCUT2D eigenvalue weighted by molar-refractivity contribution is 7.58. The van der Waals surface area contributed by atoms with Crippen LogP contribution in [-0.4, -0.2) is 17.6 Å². The second-order valence-electron chi connectivity index (χ2n) is 6.90. The predicted octanol–water partition coefficient (Wildman–Crippen LogP) is 5.26. The fourth-order valence-corrected chi connectivity index (χ4v) is 3.62. The Balaban J connectivity index is 1.35. The van der Waals surface area contributed by atoms with Gasteiger partial charge < -0.3 is 4.74 Å². The molecule has 1 atom stereocenters. The number of esters is 1. The summed E-state index contributed by atoms with van der Waals surface area (Å²) < 4.78 is 7.30. The smallest absolute Gasteiger partial charge is 0.312 e. The number of nitrogens with zero attached hydrogens (tertiary/aromatic N) is 4. The topological polar surface area (TPSA) is 67.8 Å². The van der Waals surface area contributed by atoms with Gasteiger partial charge in [0, 0.05) is 17.7 Å². The summed E-state index contributed by atoms with van der Waals surface area (Å²) in [6, 6.07) is 17.6. The number of aryl methyl sites for hydroxylation is 1. The maximum absolute atomic E-state index is 12.0. The van der Waals surface area contributed by atoms with E-state index in [0.29, 0.717) is 19.6 Å². The molecule has 4 rings (SSSR count). The standard InChI is InChI=1S/C23H22N4O2P/c1-30-16-12-21-22(25-26-30)8-7-20(24-21)19-9-13-27(14-10-19)15-11-23(28)29-17-18-5-3-2-4-6-18/h2-10,12-14,16H,11,15,17H2,1H3/q+1. The third-order valence-electron chi connectivity index (χ3n) is 4.65. The van der Waals surface area contributed by atoms with Crippen molar-refractivity contribution >= 4 is 25.8 Å². The molecule has 1 unspecified atom stereocenters. The molecule has 3 heterocycles. The van der Waals surface area contributed by atoms with Gasteiger partial charge in [-0.1, -0.05) is 30.3 Å². The summed E-state index contributed by atoms with van der Waals surface area (Å²) in [5.41, 5.74) is 4.50. The van der Waals surface area contributed by atoms with Gasteiger partial charge in [0.2, 0.25) is 0 Å². The molecule has 1 aliphatic heterocycles. The lowest BCUT2D eigenvalue weighted by molar-refractivity contribution is -0.695. The van der Waals surface area contributed by atoms with Crippen LogP contribution in [0.3, 0.4) is 0 Å². The molecule has 1 aliphatic rings. The summed E-state index contributed by atoms with van der Waals surface area (Å²) in [4.78, 5) is 21.0. The summed E-state index contributed by atoms with van der Waals surface area (Å²) in [5, 5.41) is 4.27. The fraction of sp³-hybridized carbons (Fsp3) is 0.174. The number of benzene rings is 1. The van der Waals surface area contributed by atoms with Crippen molar-refractivity contribution in [2.45, 2.75) is 19.6 Å². The van der Waals surface area contributed by atoms with E-state index in [4.69, 9.17) is 9.72 Å². The first kappa shape index (κ1) is 20.0. The molecule has 0 spiro atoms. The molecule has 0 saturated carbocycles. The molecule has 6 nitrogen and oxygen atoms in total. The van der Waals surface area contributed by atoms with E-state index in [9.17, 15) is 4.79 Å². The van der Waals surface area contributed by atoms with Crippen LogP contribution in [0.15, 0.2) is 82.8 Å². The van der Waals surface area contributed by atoms with Gasteiger partial charge in [0.1, 0.15) is 18.7 Å². The Bertz CT molecular complexity index is 1080. The SMILES string of the molecule is CP1C=Cc2nc(-c3cc[n+](CCC(=O)OCc4ccccc4)cc3)ccc2N=N1. The van der Waals surface area contributed by atoms with Crippen LogP contribution in [0.25, 0.3) is 17.3 Å². The molecule has 0 saturated heterocycles. The molecular weight excluding hydrogens is 395 g/mol. The third kappa shape index (κ3) is 5.22. The number of carbonyl (C=O) groups is 1. The highest BCUT2D eigenvalue weighted by atomic mass is 31.1. The van der Waals surface area contributed by atoms with Crippen LogP contribution in [0.1, 0.15) is 17.7 Å². The lowest BCUT2D eigenvalue weighted by Crippen LogP contribution is -2.34. The number of aromatic nitrogens is 2. The van der Waals surface area contributed by atoms with Crippen LogP contribution >= 0.6 is 8.07 Å². The number of pyridine rings is 2. The van der Waals surface area contributed by atoms with Crippen molar-refractivity contribution < 1.29 is 14.1 Å². The van der Waals surface area contributed by atoms with E-state index < -0.39 is 8.07 Å². The highest BCUT2D eigenvalue weighted by Gasteiger charge is 2.11. The predicted molar refractivity (Wildman–Crippen MR) is 117 cm³/mol. The van der Waals surface area contributed by atoms with Crippen molar-refractivity contribution in [2.24, 2.45) is 10.00 Å². The lowest BCUT2D eigenvalue weighted by atomic mass is 10.1. The number of carbonyl (C=O) groups excluding carboxylic acids is 1. The van der Waals surface area contributed by atoms with Gasteiger partial charge in [0.25, 0.3) is 0 Å². The number of ether oxygens (including phenoxy) is 1. The Morgan fingerprint density at radius 2 is 1.87 bits per heavy atom. The van der Waals surface area contributed by atoms with Crippen LogP contribution < -0.4 is 4.57 Å². The van der Waals surface area contributed by atoms with E-state index in [-0.39, 0.29) is 5.97 Å². The Kier molecular flexibility index (Phi) is 6.35. The lowest BCUT2D eigenvalue weighted by Gasteiger charge is -2.05. The summed E-state index contributed by atoms with van der Waals surface area (Å²) in [5.74, 6) is 1.84. The van der Waals surface area contributed by atoms with Crippen molar-refractivity contribution in [1.29, 1.82) is 0 Å². The average molecular weight is 417 g/mol. The first-order valence-electron chi connectivity index (χ1n) is 9.70. The van der Waals surface area contributed by atoms with E-state index >= 15 is 0 Å². The number of hydrogen-bond donors (Lipinski definition) is 0. The molecule has 1 aromatic carbocycles. The maximum Gasteiger partial charge on any atom is 0.312 e. The van der Waals surface area contributed by atoms with Crippen LogP contribution in [0.4, 0.5) is 5.69 Å². The van der Waals surface area contributed by atoms with Gasteiger partial charge in [-0.3, -0.25) is 4.79 Å². The van der Waals surface area contributed by atoms with Crippen LogP contribution in [0, 0.1) is 0 Å². The average Bonchev–Trinajstić information content (AvgIpc) is 2.98.